The lowest BCUT2D eigenvalue weighted by Crippen LogP contribution is -2.18. The summed E-state index contributed by atoms with van der Waals surface area (Å²) in [6.45, 7) is 8.56. The smallest absolute Gasteiger partial charge is 0.145 e. The summed E-state index contributed by atoms with van der Waals surface area (Å²) in [5.74, 6) is 1.70. The first kappa shape index (κ1) is 25.2. The first-order valence-electron chi connectivity index (χ1n) is 13.3. The lowest BCUT2D eigenvalue weighted by Gasteiger charge is -2.28. The number of carbonyl (C=O) groups excluding carboxylic acids is 1. The van der Waals surface area contributed by atoms with Gasteiger partial charge in [-0.1, -0.05) is 38.5 Å². The minimum absolute atomic E-state index is 0.0812. The molecule has 3 heterocycles. The molecule has 2 N–H and O–H groups in total. The average molecular weight is 499 g/mol. The summed E-state index contributed by atoms with van der Waals surface area (Å²) in [5.41, 5.74) is 12.5. The number of anilines is 1. The molecule has 3 aromatic heterocycles. The number of fused-ring (bicyclic) bond motifs is 1. The van der Waals surface area contributed by atoms with Crippen LogP contribution in [0, 0.1) is 12.8 Å². The van der Waals surface area contributed by atoms with E-state index in [1.165, 1.54) is 17.5 Å². The molecule has 0 aliphatic heterocycles. The number of rotatable bonds is 6. The van der Waals surface area contributed by atoms with E-state index in [0.29, 0.717) is 36.3 Å². The molecule has 1 fully saturated rings. The maximum absolute atomic E-state index is 13.3. The van der Waals surface area contributed by atoms with Crippen molar-refractivity contribution in [3.8, 4) is 5.69 Å². The number of nitrogen functional groups attached to an aromatic ring is 1. The van der Waals surface area contributed by atoms with Crippen molar-refractivity contribution < 1.29 is 4.79 Å². The van der Waals surface area contributed by atoms with Crippen LogP contribution in [0.15, 0.2) is 42.9 Å². The Balaban J connectivity index is 1.27. The summed E-state index contributed by atoms with van der Waals surface area (Å²) in [4.78, 5) is 21.9. The number of aryl methyl sites for hydroxylation is 2. The van der Waals surface area contributed by atoms with Crippen molar-refractivity contribution in [3.63, 3.8) is 0 Å². The van der Waals surface area contributed by atoms with E-state index < -0.39 is 0 Å². The number of ketones is 1. The third kappa shape index (κ3) is 5.17. The quantitative estimate of drug-likeness (QED) is 0.362. The van der Waals surface area contributed by atoms with Gasteiger partial charge < -0.3 is 10.3 Å². The molecule has 1 aliphatic rings. The molecule has 0 spiro atoms. The van der Waals surface area contributed by atoms with Gasteiger partial charge in [0, 0.05) is 31.5 Å². The number of benzene rings is 1. The number of nitrogens with zero attached hydrogens (tertiary/aromatic N) is 5. The molecule has 0 amide bonds. The normalized spacial score (nSPS) is 18.4. The van der Waals surface area contributed by atoms with E-state index in [-0.39, 0.29) is 5.41 Å². The summed E-state index contributed by atoms with van der Waals surface area (Å²) in [6.07, 6.45) is 8.92. The van der Waals surface area contributed by atoms with E-state index >= 15 is 0 Å². The van der Waals surface area contributed by atoms with Crippen molar-refractivity contribution in [2.75, 3.05) is 5.73 Å². The number of Topliss-reactive ketones (excluding diaryl/α,β-unsaturated/α-hetero) is 1. The van der Waals surface area contributed by atoms with Crippen LogP contribution >= 0.6 is 0 Å². The van der Waals surface area contributed by atoms with Crippen LogP contribution in [0.3, 0.4) is 0 Å². The van der Waals surface area contributed by atoms with E-state index in [4.69, 9.17) is 10.8 Å². The third-order valence-electron chi connectivity index (χ3n) is 7.82. The summed E-state index contributed by atoms with van der Waals surface area (Å²) >= 11 is 0. The van der Waals surface area contributed by atoms with Gasteiger partial charge in [0.15, 0.2) is 0 Å². The lowest BCUT2D eigenvalue weighted by atomic mass is 9.77. The van der Waals surface area contributed by atoms with Crippen LogP contribution in [0.25, 0.3) is 16.7 Å². The van der Waals surface area contributed by atoms with Crippen LogP contribution in [-0.2, 0) is 23.7 Å². The molecule has 194 valence electrons. The van der Waals surface area contributed by atoms with Gasteiger partial charge >= 0.3 is 0 Å². The zero-order valence-corrected chi connectivity index (χ0v) is 22.7. The predicted octanol–water partition coefficient (Wildman–Crippen LogP) is 5.82. The van der Waals surface area contributed by atoms with Gasteiger partial charge in [0.1, 0.15) is 23.6 Å². The van der Waals surface area contributed by atoms with Gasteiger partial charge in [0.05, 0.1) is 22.5 Å². The molecular weight excluding hydrogens is 460 g/mol. The number of nitrogens with two attached hydrogens (primary N) is 1. The Kier molecular flexibility index (Phi) is 6.65. The molecule has 7 nitrogen and oxygen atoms in total. The monoisotopic (exact) mass is 498 g/mol. The van der Waals surface area contributed by atoms with Crippen LogP contribution in [0.4, 0.5) is 5.82 Å². The number of hydrogen-bond acceptors (Lipinski definition) is 5. The van der Waals surface area contributed by atoms with Crippen molar-refractivity contribution in [3.05, 3.63) is 65.4 Å². The van der Waals surface area contributed by atoms with Crippen molar-refractivity contribution >= 4 is 22.6 Å². The predicted molar refractivity (Wildman–Crippen MR) is 148 cm³/mol. The molecule has 0 saturated heterocycles. The van der Waals surface area contributed by atoms with Crippen molar-refractivity contribution in [2.45, 2.75) is 77.6 Å². The number of hydrogen-bond donors (Lipinski definition) is 1. The number of aromatic nitrogens is 5. The first-order chi connectivity index (χ1) is 17.6. The molecule has 1 aromatic carbocycles. The highest BCUT2D eigenvalue weighted by Crippen LogP contribution is 2.41. The van der Waals surface area contributed by atoms with Crippen molar-refractivity contribution in [1.29, 1.82) is 0 Å². The molecule has 4 aromatic rings. The summed E-state index contributed by atoms with van der Waals surface area (Å²) < 4.78 is 4.00. The first-order valence-corrected chi connectivity index (χ1v) is 13.3. The average Bonchev–Trinajstić information content (AvgIpc) is 3.42. The Morgan fingerprint density at radius 1 is 1.08 bits per heavy atom. The molecule has 0 radical (unpaired) electrons. The lowest BCUT2D eigenvalue weighted by molar-refractivity contribution is -0.119. The number of carbonyl (C=O) groups is 1. The molecule has 0 bridgehead atoms. The standard InChI is InChI=1S/C30H38N6O/c1-19-6-12-22(13-7-19)36-23(16-26(34-36)30(2,3)4)15-24(37)14-20-8-10-21(11-9-20)25-17-35(5)29-27(25)28(31)32-18-33-29/h6-7,12-13,16-18,20-21H,8-11,14-15H2,1-5H3,(H2,31,32,33). The largest absolute Gasteiger partial charge is 0.383 e. The van der Waals surface area contributed by atoms with Crippen LogP contribution in [0.2, 0.25) is 0 Å². The molecule has 1 aliphatic carbocycles. The third-order valence-corrected chi connectivity index (χ3v) is 7.82. The van der Waals surface area contributed by atoms with Gasteiger partial charge in [-0.3, -0.25) is 4.79 Å². The van der Waals surface area contributed by atoms with E-state index in [1.807, 2.05) is 16.3 Å². The Hall–Kier alpha value is -3.48. The fourth-order valence-corrected chi connectivity index (χ4v) is 5.67. The molecule has 0 unspecified atom stereocenters. The fraction of sp³-hybridized carbons (Fsp3) is 0.467. The van der Waals surface area contributed by atoms with Gasteiger partial charge in [-0.15, -0.1) is 0 Å². The highest BCUT2D eigenvalue weighted by molar-refractivity contribution is 5.90. The van der Waals surface area contributed by atoms with Crippen LogP contribution in [0.5, 0.6) is 0 Å². The second kappa shape index (κ2) is 9.77. The van der Waals surface area contributed by atoms with Crippen LogP contribution in [-0.4, -0.2) is 30.1 Å². The maximum atomic E-state index is 13.3. The van der Waals surface area contributed by atoms with E-state index in [9.17, 15) is 4.79 Å². The Morgan fingerprint density at radius 2 is 1.78 bits per heavy atom. The zero-order chi connectivity index (χ0) is 26.3. The Labute approximate surface area is 219 Å². The summed E-state index contributed by atoms with van der Waals surface area (Å²) in [5, 5.41) is 5.89. The van der Waals surface area contributed by atoms with Gasteiger partial charge in [-0.2, -0.15) is 5.10 Å². The van der Waals surface area contributed by atoms with E-state index in [1.54, 1.807) is 0 Å². The second-order valence-electron chi connectivity index (χ2n) is 11.8. The summed E-state index contributed by atoms with van der Waals surface area (Å²) in [6, 6.07) is 10.5. The van der Waals surface area contributed by atoms with Crippen molar-refractivity contribution in [1.82, 2.24) is 24.3 Å². The molecular formula is C30H38N6O. The Morgan fingerprint density at radius 3 is 2.46 bits per heavy atom. The van der Waals surface area contributed by atoms with E-state index in [0.717, 1.165) is 53.8 Å². The molecule has 37 heavy (non-hydrogen) atoms. The highest BCUT2D eigenvalue weighted by atomic mass is 16.1. The van der Waals surface area contributed by atoms with Gasteiger partial charge in [0.2, 0.25) is 0 Å². The van der Waals surface area contributed by atoms with Crippen LogP contribution < -0.4 is 5.73 Å². The van der Waals surface area contributed by atoms with Crippen LogP contribution in [0.1, 0.15) is 81.3 Å². The topological polar surface area (TPSA) is 91.6 Å². The zero-order valence-electron chi connectivity index (χ0n) is 22.7. The maximum Gasteiger partial charge on any atom is 0.145 e. The fourth-order valence-electron chi connectivity index (χ4n) is 5.67. The minimum atomic E-state index is -0.0812. The van der Waals surface area contributed by atoms with Crippen molar-refractivity contribution in [2.24, 2.45) is 13.0 Å². The van der Waals surface area contributed by atoms with Gasteiger partial charge in [0.25, 0.3) is 0 Å². The SMILES string of the molecule is Cc1ccc(-n2nc(C(C)(C)C)cc2CC(=O)CC2CCC(c3cn(C)c4ncnc(N)c34)CC2)cc1. The highest BCUT2D eigenvalue weighted by Gasteiger charge is 2.28. The van der Waals surface area contributed by atoms with E-state index in [2.05, 4.69) is 74.2 Å². The molecule has 5 rings (SSSR count). The summed E-state index contributed by atoms with van der Waals surface area (Å²) in [7, 11) is 2.01. The van der Waals surface area contributed by atoms with Gasteiger partial charge in [-0.05, 0) is 68.2 Å². The molecule has 0 atom stereocenters. The molecule has 1 saturated carbocycles. The minimum Gasteiger partial charge on any atom is -0.383 e. The Bertz CT molecular complexity index is 1420. The second-order valence-corrected chi connectivity index (χ2v) is 11.8. The molecule has 7 heteroatoms. The van der Waals surface area contributed by atoms with Gasteiger partial charge in [-0.25, -0.2) is 14.6 Å².